The quantitative estimate of drug-likeness (QED) is 0.812. The van der Waals surface area contributed by atoms with Crippen molar-refractivity contribution >= 4 is 44.8 Å². The lowest BCUT2D eigenvalue weighted by atomic mass is 10.2. The third-order valence-electron chi connectivity index (χ3n) is 1.99. The van der Waals surface area contributed by atoms with E-state index >= 15 is 0 Å². The first-order valence-electron chi connectivity index (χ1n) is 4.11. The van der Waals surface area contributed by atoms with Gasteiger partial charge in [-0.05, 0) is 24.5 Å². The fourth-order valence-electron chi connectivity index (χ4n) is 1.37. The summed E-state index contributed by atoms with van der Waals surface area (Å²) in [4.78, 5) is 2.15. The third-order valence-corrected chi connectivity index (χ3v) is 4.05. The average Bonchev–Trinajstić information content (AvgIpc) is 2.59. The molecule has 74 valence electrons. The van der Waals surface area contributed by atoms with E-state index in [0.29, 0.717) is 0 Å². The van der Waals surface area contributed by atoms with E-state index < -0.39 is 0 Å². The lowest BCUT2D eigenvalue weighted by Crippen LogP contribution is -1.73. The van der Waals surface area contributed by atoms with Crippen LogP contribution in [-0.2, 0) is 6.61 Å². The van der Waals surface area contributed by atoms with Crippen LogP contribution < -0.4 is 0 Å². The predicted octanol–water partition coefficient (Wildman–Crippen LogP) is 3.77. The van der Waals surface area contributed by atoms with Gasteiger partial charge in [0.1, 0.15) is 0 Å². The molecule has 0 bridgehead atoms. The fraction of sp³-hybridized carbons (Fsp3) is 0.200. The maximum Gasteiger partial charge on any atom is 0.0774 e. The van der Waals surface area contributed by atoms with Crippen molar-refractivity contribution in [2.24, 2.45) is 0 Å². The Hall–Kier alpha value is -0.220. The lowest BCUT2D eigenvalue weighted by molar-refractivity contribution is 0.285. The molecule has 0 fully saturated rings. The van der Waals surface area contributed by atoms with E-state index in [-0.39, 0.29) is 6.61 Å². The Balaban J connectivity index is 2.71. The van der Waals surface area contributed by atoms with Crippen molar-refractivity contribution < 1.29 is 5.11 Å². The molecule has 1 aromatic carbocycles. The second-order valence-corrected chi connectivity index (χ2v) is 5.34. The molecule has 0 aliphatic rings. The molecule has 1 heterocycles. The Bertz CT molecular complexity index is 464. The average molecular weight is 245 g/mol. The van der Waals surface area contributed by atoms with Gasteiger partial charge in [-0.25, -0.2) is 0 Å². The molecule has 2 aromatic rings. The zero-order valence-electron chi connectivity index (χ0n) is 7.58. The number of hydrogen-bond donors (Lipinski definition) is 1. The summed E-state index contributed by atoms with van der Waals surface area (Å²) in [6, 6.07) is 5.94. The minimum atomic E-state index is 0.102. The van der Waals surface area contributed by atoms with Crippen molar-refractivity contribution in [2.75, 3.05) is 6.26 Å². The van der Waals surface area contributed by atoms with Gasteiger partial charge < -0.3 is 5.11 Å². The fourth-order valence-corrected chi connectivity index (χ4v) is 3.41. The van der Waals surface area contributed by atoms with Crippen molar-refractivity contribution in [1.82, 2.24) is 0 Å². The number of thiophene rings is 1. The van der Waals surface area contributed by atoms with Gasteiger partial charge in [0.2, 0.25) is 0 Å². The van der Waals surface area contributed by atoms with E-state index in [1.165, 1.54) is 10.3 Å². The second-order valence-electron chi connectivity index (χ2n) is 2.89. The Kier molecular flexibility index (Phi) is 3.02. The highest BCUT2D eigenvalue weighted by Crippen LogP contribution is 2.35. The van der Waals surface area contributed by atoms with Crippen molar-refractivity contribution in [3.8, 4) is 0 Å². The van der Waals surface area contributed by atoms with Crippen molar-refractivity contribution in [3.05, 3.63) is 28.1 Å². The SMILES string of the molecule is CSc1cc(Cl)cc2sc(CO)cc12. The van der Waals surface area contributed by atoms with Gasteiger partial charge >= 0.3 is 0 Å². The maximum atomic E-state index is 9.04. The van der Waals surface area contributed by atoms with Crippen LogP contribution in [0.15, 0.2) is 23.1 Å². The number of thioether (sulfide) groups is 1. The molecule has 4 heteroatoms. The smallest absolute Gasteiger partial charge is 0.0774 e. The van der Waals surface area contributed by atoms with Gasteiger partial charge in [-0.1, -0.05) is 11.6 Å². The maximum absolute atomic E-state index is 9.04. The van der Waals surface area contributed by atoms with Gasteiger partial charge in [-0.15, -0.1) is 23.1 Å². The number of benzene rings is 1. The van der Waals surface area contributed by atoms with Gasteiger partial charge in [0.05, 0.1) is 6.61 Å². The molecule has 0 radical (unpaired) electrons. The normalized spacial score (nSPS) is 11.1. The summed E-state index contributed by atoms with van der Waals surface area (Å²) in [6.45, 7) is 0.102. The van der Waals surface area contributed by atoms with Crippen LogP contribution in [0.25, 0.3) is 10.1 Å². The molecule has 1 N–H and O–H groups in total. The number of halogens is 1. The minimum absolute atomic E-state index is 0.102. The van der Waals surface area contributed by atoms with Crippen LogP contribution in [-0.4, -0.2) is 11.4 Å². The Labute approximate surface area is 95.7 Å². The highest BCUT2D eigenvalue weighted by molar-refractivity contribution is 7.98. The molecule has 0 saturated heterocycles. The highest BCUT2D eigenvalue weighted by Gasteiger charge is 2.06. The van der Waals surface area contributed by atoms with Crippen molar-refractivity contribution in [2.45, 2.75) is 11.5 Å². The summed E-state index contributed by atoms with van der Waals surface area (Å²) in [5, 5.41) is 11.0. The summed E-state index contributed by atoms with van der Waals surface area (Å²) < 4.78 is 1.14. The van der Waals surface area contributed by atoms with Crippen LogP contribution in [0, 0.1) is 0 Å². The standard InChI is InChI=1S/C10H9ClOS2/c1-13-9-2-6(11)3-10-8(9)4-7(5-12)14-10/h2-4,12H,5H2,1H3. The largest absolute Gasteiger partial charge is 0.391 e. The number of fused-ring (bicyclic) bond motifs is 1. The molecular formula is C10H9ClOS2. The molecular weight excluding hydrogens is 236 g/mol. The van der Waals surface area contributed by atoms with Gasteiger partial charge in [0.15, 0.2) is 0 Å². The number of aliphatic hydroxyl groups excluding tert-OH is 1. The summed E-state index contributed by atoms with van der Waals surface area (Å²) in [7, 11) is 0. The molecule has 0 unspecified atom stereocenters. The van der Waals surface area contributed by atoms with E-state index in [1.807, 2.05) is 24.5 Å². The molecule has 0 saturated carbocycles. The molecule has 0 atom stereocenters. The predicted molar refractivity (Wildman–Crippen MR) is 64.5 cm³/mol. The van der Waals surface area contributed by atoms with E-state index in [4.69, 9.17) is 16.7 Å². The van der Waals surface area contributed by atoms with Gasteiger partial charge in [0, 0.05) is 24.9 Å². The van der Waals surface area contributed by atoms with E-state index in [1.54, 1.807) is 23.1 Å². The first-order chi connectivity index (χ1) is 6.74. The number of hydrogen-bond acceptors (Lipinski definition) is 3. The van der Waals surface area contributed by atoms with Gasteiger partial charge in [0.25, 0.3) is 0 Å². The molecule has 0 aliphatic carbocycles. The lowest BCUT2D eigenvalue weighted by Gasteiger charge is -1.99. The zero-order chi connectivity index (χ0) is 10.1. The van der Waals surface area contributed by atoms with Crippen LogP contribution in [0.2, 0.25) is 5.02 Å². The highest BCUT2D eigenvalue weighted by atomic mass is 35.5. The molecule has 14 heavy (non-hydrogen) atoms. The van der Waals surface area contributed by atoms with Crippen LogP contribution in [0.5, 0.6) is 0 Å². The van der Waals surface area contributed by atoms with Crippen LogP contribution in [0.1, 0.15) is 4.88 Å². The molecule has 0 amide bonds. The monoisotopic (exact) mass is 244 g/mol. The van der Waals surface area contributed by atoms with E-state index in [2.05, 4.69) is 0 Å². The molecule has 1 aromatic heterocycles. The number of aliphatic hydroxyl groups is 1. The van der Waals surface area contributed by atoms with Gasteiger partial charge in [-0.2, -0.15) is 0 Å². The molecule has 2 rings (SSSR count). The number of rotatable bonds is 2. The van der Waals surface area contributed by atoms with Crippen molar-refractivity contribution in [3.63, 3.8) is 0 Å². The van der Waals surface area contributed by atoms with E-state index in [0.717, 1.165) is 14.6 Å². The molecule has 0 aliphatic heterocycles. The Morgan fingerprint density at radius 3 is 2.86 bits per heavy atom. The van der Waals surface area contributed by atoms with Crippen LogP contribution >= 0.6 is 34.7 Å². The summed E-state index contributed by atoms with van der Waals surface area (Å²) in [5.74, 6) is 0. The Morgan fingerprint density at radius 1 is 1.43 bits per heavy atom. The van der Waals surface area contributed by atoms with Crippen LogP contribution in [0.3, 0.4) is 0 Å². The zero-order valence-corrected chi connectivity index (χ0v) is 9.97. The third kappa shape index (κ3) is 1.77. The first kappa shape index (κ1) is 10.3. The summed E-state index contributed by atoms with van der Waals surface area (Å²) in [5.41, 5.74) is 0. The topological polar surface area (TPSA) is 20.2 Å². The first-order valence-corrected chi connectivity index (χ1v) is 6.53. The van der Waals surface area contributed by atoms with Crippen molar-refractivity contribution in [1.29, 1.82) is 0 Å². The van der Waals surface area contributed by atoms with E-state index in [9.17, 15) is 0 Å². The summed E-state index contributed by atoms with van der Waals surface area (Å²) in [6.07, 6.45) is 2.03. The second kappa shape index (κ2) is 4.11. The summed E-state index contributed by atoms with van der Waals surface area (Å²) >= 11 is 9.26. The van der Waals surface area contributed by atoms with Crippen LogP contribution in [0.4, 0.5) is 0 Å². The Morgan fingerprint density at radius 2 is 2.21 bits per heavy atom. The molecule has 0 spiro atoms. The molecule has 1 nitrogen and oxygen atoms in total. The van der Waals surface area contributed by atoms with Gasteiger partial charge in [-0.3, -0.25) is 0 Å². The minimum Gasteiger partial charge on any atom is -0.391 e.